The van der Waals surface area contributed by atoms with Gasteiger partial charge < -0.3 is 9.47 Å². The molecule has 0 amide bonds. The number of benzene rings is 2. The van der Waals surface area contributed by atoms with Crippen LogP contribution in [-0.2, 0) is 0 Å². The second-order valence-electron chi connectivity index (χ2n) is 4.06. The van der Waals surface area contributed by atoms with E-state index in [9.17, 15) is 4.79 Å². The van der Waals surface area contributed by atoms with Crippen molar-refractivity contribution in [2.45, 2.75) is 0 Å². The van der Waals surface area contributed by atoms with Crippen molar-refractivity contribution in [3.8, 4) is 23.6 Å². The zero-order chi connectivity index (χ0) is 15.2. The van der Waals surface area contributed by atoms with E-state index in [4.69, 9.17) is 20.0 Å². The van der Waals surface area contributed by atoms with Gasteiger partial charge in [-0.1, -0.05) is 0 Å². The number of hydrogen-bond acceptors (Lipinski definition) is 5. The fraction of sp³-hybridized carbons (Fsp3) is 0.0625. The van der Waals surface area contributed by atoms with Crippen LogP contribution in [0.2, 0.25) is 0 Å². The lowest BCUT2D eigenvalue weighted by atomic mass is 10.1. The van der Waals surface area contributed by atoms with Crippen LogP contribution in [-0.4, -0.2) is 13.1 Å². The van der Waals surface area contributed by atoms with E-state index in [-0.39, 0.29) is 5.75 Å². The lowest BCUT2D eigenvalue weighted by Crippen LogP contribution is -2.09. The standard InChI is InChI=1S/C16H10N2O3/c1-20-15-8-12(10-18)4-7-14(15)21-16(19)13-5-2-11(9-17)3-6-13/h2-8H,1H3. The van der Waals surface area contributed by atoms with Crippen molar-refractivity contribution < 1.29 is 14.3 Å². The minimum atomic E-state index is -0.567. The highest BCUT2D eigenvalue weighted by Crippen LogP contribution is 2.28. The molecular formula is C16H10N2O3. The van der Waals surface area contributed by atoms with Gasteiger partial charge in [0.15, 0.2) is 11.5 Å². The Bertz CT molecular complexity index is 753. The Morgan fingerprint density at radius 3 is 2.14 bits per heavy atom. The zero-order valence-corrected chi connectivity index (χ0v) is 11.2. The van der Waals surface area contributed by atoms with Gasteiger partial charge in [-0.2, -0.15) is 10.5 Å². The highest BCUT2D eigenvalue weighted by atomic mass is 16.6. The summed E-state index contributed by atoms with van der Waals surface area (Å²) in [6.45, 7) is 0. The Hall–Kier alpha value is -3.31. The number of nitrogens with zero attached hydrogens (tertiary/aromatic N) is 2. The Balaban J connectivity index is 2.23. The van der Waals surface area contributed by atoms with Gasteiger partial charge in [0.1, 0.15) is 0 Å². The first-order valence-corrected chi connectivity index (χ1v) is 5.98. The Kier molecular flexibility index (Phi) is 4.18. The molecule has 0 saturated carbocycles. The van der Waals surface area contributed by atoms with E-state index in [1.54, 1.807) is 0 Å². The molecular weight excluding hydrogens is 268 g/mol. The number of nitriles is 2. The molecule has 0 heterocycles. The van der Waals surface area contributed by atoms with Gasteiger partial charge in [0.25, 0.3) is 0 Å². The molecule has 0 bridgehead atoms. The molecule has 0 atom stereocenters. The van der Waals surface area contributed by atoms with E-state index < -0.39 is 5.97 Å². The van der Waals surface area contributed by atoms with Crippen LogP contribution in [0.4, 0.5) is 0 Å². The van der Waals surface area contributed by atoms with Crippen molar-refractivity contribution in [3.05, 3.63) is 59.2 Å². The minimum absolute atomic E-state index is 0.228. The van der Waals surface area contributed by atoms with Crippen molar-refractivity contribution in [1.82, 2.24) is 0 Å². The summed E-state index contributed by atoms with van der Waals surface area (Å²) in [4.78, 5) is 12.0. The van der Waals surface area contributed by atoms with Gasteiger partial charge in [-0.3, -0.25) is 0 Å². The number of methoxy groups -OCH3 is 1. The first-order valence-electron chi connectivity index (χ1n) is 5.98. The van der Waals surface area contributed by atoms with Crippen molar-refractivity contribution in [3.63, 3.8) is 0 Å². The predicted octanol–water partition coefficient (Wildman–Crippen LogP) is 2.66. The maximum Gasteiger partial charge on any atom is 0.343 e. The Morgan fingerprint density at radius 2 is 1.57 bits per heavy atom. The van der Waals surface area contributed by atoms with E-state index in [2.05, 4.69) is 0 Å². The van der Waals surface area contributed by atoms with Crippen LogP contribution in [0.3, 0.4) is 0 Å². The second-order valence-corrected chi connectivity index (χ2v) is 4.06. The SMILES string of the molecule is COc1cc(C#N)ccc1OC(=O)c1ccc(C#N)cc1. The molecule has 0 fully saturated rings. The van der Waals surface area contributed by atoms with E-state index in [1.165, 1.54) is 49.6 Å². The van der Waals surface area contributed by atoms with Crippen LogP contribution in [0.15, 0.2) is 42.5 Å². The van der Waals surface area contributed by atoms with Gasteiger partial charge in [0, 0.05) is 6.07 Å². The maximum atomic E-state index is 12.0. The molecule has 2 aromatic rings. The van der Waals surface area contributed by atoms with E-state index >= 15 is 0 Å². The molecule has 0 saturated heterocycles. The fourth-order valence-electron chi connectivity index (χ4n) is 1.66. The van der Waals surface area contributed by atoms with Gasteiger partial charge in [0.05, 0.1) is 35.9 Å². The summed E-state index contributed by atoms with van der Waals surface area (Å²) in [5.74, 6) is -0.0376. The molecule has 5 nitrogen and oxygen atoms in total. The topological polar surface area (TPSA) is 83.1 Å². The Morgan fingerprint density at radius 1 is 0.952 bits per heavy atom. The molecule has 0 unspecified atom stereocenters. The average molecular weight is 278 g/mol. The first kappa shape index (κ1) is 14.1. The third kappa shape index (κ3) is 3.17. The zero-order valence-electron chi connectivity index (χ0n) is 11.2. The number of carbonyl (C=O) groups excluding carboxylic acids is 1. The van der Waals surface area contributed by atoms with Gasteiger partial charge in [0.2, 0.25) is 0 Å². The first-order chi connectivity index (χ1) is 10.2. The minimum Gasteiger partial charge on any atom is -0.493 e. The average Bonchev–Trinajstić information content (AvgIpc) is 2.55. The van der Waals surface area contributed by atoms with Crippen molar-refractivity contribution in [2.75, 3.05) is 7.11 Å². The summed E-state index contributed by atoms with van der Waals surface area (Å²) in [5.41, 5.74) is 1.19. The van der Waals surface area contributed by atoms with Crippen molar-refractivity contribution in [2.24, 2.45) is 0 Å². The maximum absolute atomic E-state index is 12.0. The van der Waals surface area contributed by atoms with Crippen LogP contribution < -0.4 is 9.47 Å². The van der Waals surface area contributed by atoms with Crippen molar-refractivity contribution >= 4 is 5.97 Å². The molecule has 0 aliphatic heterocycles. The van der Waals surface area contributed by atoms with Crippen LogP contribution in [0.1, 0.15) is 21.5 Å². The normalized spacial score (nSPS) is 9.29. The van der Waals surface area contributed by atoms with Crippen LogP contribution in [0, 0.1) is 22.7 Å². The highest BCUT2D eigenvalue weighted by Gasteiger charge is 2.13. The second kappa shape index (κ2) is 6.23. The van der Waals surface area contributed by atoms with Gasteiger partial charge in [-0.25, -0.2) is 4.79 Å². The quantitative estimate of drug-likeness (QED) is 0.636. The van der Waals surface area contributed by atoms with Crippen LogP contribution in [0.5, 0.6) is 11.5 Å². The molecule has 2 rings (SSSR count). The fourth-order valence-corrected chi connectivity index (χ4v) is 1.66. The monoisotopic (exact) mass is 278 g/mol. The van der Waals surface area contributed by atoms with Gasteiger partial charge >= 0.3 is 5.97 Å². The molecule has 0 N–H and O–H groups in total. The summed E-state index contributed by atoms with van der Waals surface area (Å²) in [6.07, 6.45) is 0. The summed E-state index contributed by atoms with van der Waals surface area (Å²) in [7, 11) is 1.43. The Labute approximate surface area is 121 Å². The third-order valence-electron chi connectivity index (χ3n) is 2.75. The predicted molar refractivity (Wildman–Crippen MR) is 73.8 cm³/mol. The van der Waals surface area contributed by atoms with E-state index in [1.807, 2.05) is 12.1 Å². The molecule has 0 spiro atoms. The molecule has 0 aliphatic carbocycles. The molecule has 5 heteroatoms. The third-order valence-corrected chi connectivity index (χ3v) is 2.75. The summed E-state index contributed by atoms with van der Waals surface area (Å²) in [6, 6.07) is 14.6. The highest BCUT2D eigenvalue weighted by molar-refractivity contribution is 5.91. The molecule has 102 valence electrons. The molecule has 0 radical (unpaired) electrons. The van der Waals surface area contributed by atoms with Crippen molar-refractivity contribution in [1.29, 1.82) is 10.5 Å². The lowest BCUT2D eigenvalue weighted by Gasteiger charge is -2.09. The summed E-state index contributed by atoms with van der Waals surface area (Å²) >= 11 is 0. The molecule has 0 aromatic heterocycles. The summed E-state index contributed by atoms with van der Waals surface area (Å²) in [5, 5.41) is 17.5. The van der Waals surface area contributed by atoms with Crippen LogP contribution >= 0.6 is 0 Å². The van der Waals surface area contributed by atoms with Gasteiger partial charge in [-0.15, -0.1) is 0 Å². The number of esters is 1. The number of ether oxygens (including phenoxy) is 2. The van der Waals surface area contributed by atoms with Gasteiger partial charge in [-0.05, 0) is 36.4 Å². The van der Waals surface area contributed by atoms with Crippen LogP contribution in [0.25, 0.3) is 0 Å². The lowest BCUT2D eigenvalue weighted by molar-refractivity contribution is 0.0729. The molecule has 0 aliphatic rings. The summed E-state index contributed by atoms with van der Waals surface area (Å²) < 4.78 is 10.3. The molecule has 21 heavy (non-hydrogen) atoms. The number of rotatable bonds is 3. The smallest absolute Gasteiger partial charge is 0.343 e. The van der Waals surface area contributed by atoms with E-state index in [0.29, 0.717) is 22.4 Å². The number of hydrogen-bond donors (Lipinski definition) is 0. The number of carbonyl (C=O) groups is 1. The largest absolute Gasteiger partial charge is 0.493 e. The van der Waals surface area contributed by atoms with E-state index in [0.717, 1.165) is 0 Å². The molecule has 2 aromatic carbocycles.